The highest BCUT2D eigenvalue weighted by Crippen LogP contribution is 2.07. The maximum absolute atomic E-state index is 10.9. The van der Waals surface area contributed by atoms with Gasteiger partial charge in [-0.1, -0.05) is 11.3 Å². The number of aryl methyl sites for hydroxylation is 2. The highest BCUT2D eigenvalue weighted by Gasteiger charge is 2.00. The number of rotatable bonds is 3. The van der Waals surface area contributed by atoms with E-state index in [1.165, 1.54) is 0 Å². The molecule has 0 saturated heterocycles. The molecule has 84 valence electrons. The summed E-state index contributed by atoms with van der Waals surface area (Å²) in [7, 11) is 0. The summed E-state index contributed by atoms with van der Waals surface area (Å²) in [5.41, 5.74) is 2.69. The SMILES string of the molecule is Cc1ncc(NCc2csc(=O)[nH]2)nc1C. The highest BCUT2D eigenvalue weighted by atomic mass is 32.1. The van der Waals surface area contributed by atoms with Crippen molar-refractivity contribution in [3.8, 4) is 0 Å². The van der Waals surface area contributed by atoms with E-state index in [2.05, 4.69) is 20.3 Å². The summed E-state index contributed by atoms with van der Waals surface area (Å²) in [5.74, 6) is 0.718. The Morgan fingerprint density at radius 3 is 2.88 bits per heavy atom. The molecule has 2 aromatic heterocycles. The quantitative estimate of drug-likeness (QED) is 0.846. The van der Waals surface area contributed by atoms with Crippen molar-refractivity contribution in [3.63, 3.8) is 0 Å². The van der Waals surface area contributed by atoms with Gasteiger partial charge in [0.2, 0.25) is 0 Å². The van der Waals surface area contributed by atoms with Crippen molar-refractivity contribution in [1.82, 2.24) is 15.0 Å². The Bertz CT molecular complexity index is 546. The molecule has 16 heavy (non-hydrogen) atoms. The molecule has 0 radical (unpaired) electrons. The van der Waals surface area contributed by atoms with E-state index >= 15 is 0 Å². The Kier molecular flexibility index (Phi) is 3.00. The van der Waals surface area contributed by atoms with E-state index in [1.54, 1.807) is 11.6 Å². The second kappa shape index (κ2) is 4.44. The van der Waals surface area contributed by atoms with Gasteiger partial charge in [0.15, 0.2) is 0 Å². The van der Waals surface area contributed by atoms with Crippen LogP contribution in [0, 0.1) is 13.8 Å². The van der Waals surface area contributed by atoms with Crippen LogP contribution < -0.4 is 10.2 Å². The van der Waals surface area contributed by atoms with E-state index in [9.17, 15) is 4.79 Å². The zero-order valence-electron chi connectivity index (χ0n) is 9.07. The Morgan fingerprint density at radius 1 is 1.44 bits per heavy atom. The number of nitrogens with one attached hydrogen (secondary N) is 2. The second-order valence-electron chi connectivity index (χ2n) is 3.45. The first-order valence-corrected chi connectivity index (χ1v) is 5.74. The number of aromatic nitrogens is 3. The number of anilines is 1. The van der Waals surface area contributed by atoms with Gasteiger partial charge in [0.05, 0.1) is 24.1 Å². The third kappa shape index (κ3) is 2.46. The van der Waals surface area contributed by atoms with Crippen molar-refractivity contribution in [2.45, 2.75) is 20.4 Å². The van der Waals surface area contributed by atoms with Crippen molar-refractivity contribution in [2.75, 3.05) is 5.32 Å². The number of hydrogen-bond donors (Lipinski definition) is 2. The molecule has 6 heteroatoms. The molecule has 0 aliphatic carbocycles. The number of thiazole rings is 1. The molecule has 0 atom stereocenters. The van der Waals surface area contributed by atoms with Crippen LogP contribution in [0.25, 0.3) is 0 Å². The Balaban J connectivity index is 2.04. The van der Waals surface area contributed by atoms with Gasteiger partial charge in [-0.25, -0.2) is 4.98 Å². The van der Waals surface area contributed by atoms with E-state index in [0.717, 1.165) is 34.2 Å². The fraction of sp³-hybridized carbons (Fsp3) is 0.300. The molecule has 0 unspecified atom stereocenters. The predicted molar refractivity (Wildman–Crippen MR) is 63.8 cm³/mol. The van der Waals surface area contributed by atoms with Gasteiger partial charge in [-0.2, -0.15) is 0 Å². The molecular formula is C10H12N4OS. The van der Waals surface area contributed by atoms with E-state index in [0.29, 0.717) is 6.54 Å². The smallest absolute Gasteiger partial charge is 0.304 e. The van der Waals surface area contributed by atoms with Crippen LogP contribution in [0.4, 0.5) is 5.82 Å². The third-order valence-electron chi connectivity index (χ3n) is 2.22. The summed E-state index contributed by atoms with van der Waals surface area (Å²) < 4.78 is 0. The molecule has 2 heterocycles. The van der Waals surface area contributed by atoms with Crippen molar-refractivity contribution in [3.05, 3.63) is 38.3 Å². The van der Waals surface area contributed by atoms with Gasteiger partial charge in [0.25, 0.3) is 0 Å². The monoisotopic (exact) mass is 236 g/mol. The molecule has 2 N–H and O–H groups in total. The van der Waals surface area contributed by atoms with Crippen LogP contribution in [0.5, 0.6) is 0 Å². The minimum atomic E-state index is -0.0389. The van der Waals surface area contributed by atoms with E-state index < -0.39 is 0 Å². The lowest BCUT2D eigenvalue weighted by atomic mass is 10.3. The van der Waals surface area contributed by atoms with Crippen LogP contribution in [0.3, 0.4) is 0 Å². The molecule has 0 amide bonds. The molecule has 2 rings (SSSR count). The Morgan fingerprint density at radius 2 is 2.25 bits per heavy atom. The van der Waals surface area contributed by atoms with Gasteiger partial charge in [0, 0.05) is 11.1 Å². The van der Waals surface area contributed by atoms with Crippen molar-refractivity contribution < 1.29 is 0 Å². The first-order chi connectivity index (χ1) is 7.65. The fourth-order valence-electron chi connectivity index (χ4n) is 1.21. The van der Waals surface area contributed by atoms with Crippen LogP contribution in [0.2, 0.25) is 0 Å². The molecule has 0 spiro atoms. The summed E-state index contributed by atoms with van der Waals surface area (Å²) in [5, 5.41) is 4.90. The zero-order chi connectivity index (χ0) is 11.5. The molecular weight excluding hydrogens is 224 g/mol. The normalized spacial score (nSPS) is 10.4. The van der Waals surface area contributed by atoms with Gasteiger partial charge in [-0.3, -0.25) is 9.78 Å². The van der Waals surface area contributed by atoms with Crippen molar-refractivity contribution in [1.29, 1.82) is 0 Å². The molecule has 0 bridgehead atoms. The second-order valence-corrected chi connectivity index (χ2v) is 4.30. The van der Waals surface area contributed by atoms with Crippen LogP contribution in [0.15, 0.2) is 16.4 Å². The minimum absolute atomic E-state index is 0.0389. The molecule has 0 aromatic carbocycles. The molecule has 0 aliphatic rings. The maximum atomic E-state index is 10.9. The van der Waals surface area contributed by atoms with Crippen molar-refractivity contribution in [2.24, 2.45) is 0 Å². The zero-order valence-corrected chi connectivity index (χ0v) is 9.89. The number of H-pyrrole nitrogens is 1. The molecule has 2 aromatic rings. The Hall–Kier alpha value is -1.69. The van der Waals surface area contributed by atoms with Gasteiger partial charge in [-0.05, 0) is 13.8 Å². The Labute approximate surface area is 96.6 Å². The van der Waals surface area contributed by atoms with E-state index in [4.69, 9.17) is 0 Å². The molecule has 0 fully saturated rings. The van der Waals surface area contributed by atoms with Gasteiger partial charge < -0.3 is 10.3 Å². The average Bonchev–Trinajstić information content (AvgIpc) is 2.66. The number of nitrogens with zero attached hydrogens (tertiary/aromatic N) is 2. The van der Waals surface area contributed by atoms with Crippen LogP contribution in [-0.4, -0.2) is 15.0 Å². The summed E-state index contributed by atoms with van der Waals surface area (Å²) in [6.45, 7) is 4.39. The maximum Gasteiger partial charge on any atom is 0.304 e. The lowest BCUT2D eigenvalue weighted by Crippen LogP contribution is -2.05. The summed E-state index contributed by atoms with van der Waals surface area (Å²) in [6.07, 6.45) is 1.69. The molecule has 5 nitrogen and oxygen atoms in total. The number of aromatic amines is 1. The van der Waals surface area contributed by atoms with Gasteiger partial charge in [-0.15, -0.1) is 0 Å². The number of hydrogen-bond acceptors (Lipinski definition) is 5. The van der Waals surface area contributed by atoms with Crippen LogP contribution >= 0.6 is 11.3 Å². The van der Waals surface area contributed by atoms with Gasteiger partial charge >= 0.3 is 4.87 Å². The third-order valence-corrected chi connectivity index (χ3v) is 2.94. The minimum Gasteiger partial charge on any atom is -0.363 e. The topological polar surface area (TPSA) is 70.7 Å². The average molecular weight is 236 g/mol. The first kappa shape index (κ1) is 10.8. The standard InChI is InChI=1S/C10H12N4OS/c1-6-7(2)13-9(4-11-6)12-3-8-5-16-10(15)14-8/h4-5H,3H2,1-2H3,(H,12,13)(H,14,15). The molecule has 0 saturated carbocycles. The highest BCUT2D eigenvalue weighted by molar-refractivity contribution is 7.07. The largest absolute Gasteiger partial charge is 0.363 e. The van der Waals surface area contributed by atoms with Gasteiger partial charge in [0.1, 0.15) is 5.82 Å². The lowest BCUT2D eigenvalue weighted by Gasteiger charge is -2.05. The summed E-state index contributed by atoms with van der Waals surface area (Å²) in [4.78, 5) is 22.1. The van der Waals surface area contributed by atoms with Crippen LogP contribution in [-0.2, 0) is 6.54 Å². The summed E-state index contributed by atoms with van der Waals surface area (Å²) in [6, 6.07) is 0. The molecule has 0 aliphatic heterocycles. The van der Waals surface area contributed by atoms with Crippen LogP contribution in [0.1, 0.15) is 17.1 Å². The fourth-order valence-corrected chi connectivity index (χ4v) is 1.79. The van der Waals surface area contributed by atoms with Crippen molar-refractivity contribution >= 4 is 17.2 Å². The summed E-state index contributed by atoms with van der Waals surface area (Å²) >= 11 is 1.16. The first-order valence-electron chi connectivity index (χ1n) is 4.86. The predicted octanol–water partition coefficient (Wildman–Crippen LogP) is 1.46. The van der Waals surface area contributed by atoms with E-state index in [1.807, 2.05) is 13.8 Å². The van der Waals surface area contributed by atoms with E-state index in [-0.39, 0.29) is 4.87 Å². The lowest BCUT2D eigenvalue weighted by molar-refractivity contribution is 0.995.